The van der Waals surface area contributed by atoms with Crippen LogP contribution in [-0.2, 0) is 9.47 Å². The molecule has 5 nitrogen and oxygen atoms in total. The second-order valence-corrected chi connectivity index (χ2v) is 1.62. The number of rotatable bonds is 0. The largest absolute Gasteiger partial charge is 0.508 e. The van der Waals surface area contributed by atoms with Gasteiger partial charge in [0.15, 0.2) is 6.19 Å². The quantitative estimate of drug-likeness (QED) is 0.293. The molecule has 56 valence electrons. The zero-order valence-electron chi connectivity index (χ0n) is 5.53. The second-order valence-electron chi connectivity index (χ2n) is 1.62. The lowest BCUT2D eigenvalue weighted by Gasteiger charge is -1.90. The number of ether oxygens (including phenoxy) is 2. The van der Waals surface area contributed by atoms with Crippen LogP contribution in [0.5, 0.6) is 0 Å². The molecule has 0 aliphatic carbocycles. The topological polar surface area (TPSA) is 85.3 Å². The molecular weight excluding hydrogens is 136 g/mol. The van der Waals surface area contributed by atoms with Crippen LogP contribution in [0.3, 0.4) is 0 Å². The molecule has 1 unspecified atom stereocenters. The molecule has 10 heavy (non-hydrogen) atoms. The lowest BCUT2D eigenvalue weighted by Crippen LogP contribution is -2.01. The molecule has 2 N–H and O–H groups in total. The van der Waals surface area contributed by atoms with Gasteiger partial charge in [-0.05, 0) is 6.92 Å². The van der Waals surface area contributed by atoms with E-state index in [4.69, 9.17) is 5.26 Å². The summed E-state index contributed by atoms with van der Waals surface area (Å²) in [4.78, 5) is 10.0. The van der Waals surface area contributed by atoms with Crippen molar-refractivity contribution in [1.82, 2.24) is 0 Å². The van der Waals surface area contributed by atoms with E-state index in [-0.39, 0.29) is 6.10 Å². The fourth-order valence-electron chi connectivity index (χ4n) is 0.418. The minimum Gasteiger partial charge on any atom is -0.430 e. The minimum atomic E-state index is -0.549. The maximum atomic E-state index is 10.0. The molecule has 0 aromatic heterocycles. The predicted molar refractivity (Wildman–Crippen MR) is 31.7 cm³/mol. The molecule has 1 heterocycles. The highest BCUT2D eigenvalue weighted by Crippen LogP contribution is 2.02. The monoisotopic (exact) mass is 144 g/mol. The van der Waals surface area contributed by atoms with Gasteiger partial charge >= 0.3 is 6.16 Å². The Morgan fingerprint density at radius 2 is 2.40 bits per heavy atom. The zero-order valence-corrected chi connectivity index (χ0v) is 5.53. The zero-order chi connectivity index (χ0) is 7.98. The van der Waals surface area contributed by atoms with E-state index < -0.39 is 6.16 Å². The molecule has 0 aromatic carbocycles. The number of nitriles is 1. The van der Waals surface area contributed by atoms with Crippen LogP contribution in [-0.4, -0.2) is 18.9 Å². The van der Waals surface area contributed by atoms with Crippen molar-refractivity contribution in [2.24, 2.45) is 5.73 Å². The summed E-state index contributed by atoms with van der Waals surface area (Å²) < 4.78 is 8.90. The first-order chi connectivity index (χ1) is 4.70. The van der Waals surface area contributed by atoms with Gasteiger partial charge in [0.1, 0.15) is 12.7 Å². The lowest BCUT2D eigenvalue weighted by atomic mass is 10.5. The first-order valence-corrected chi connectivity index (χ1v) is 2.63. The van der Waals surface area contributed by atoms with Crippen molar-refractivity contribution in [3.05, 3.63) is 0 Å². The van der Waals surface area contributed by atoms with Gasteiger partial charge in [0.25, 0.3) is 0 Å². The number of hydrogen-bond acceptors (Lipinski definition) is 5. The normalized spacial score (nSPS) is 21.2. The van der Waals surface area contributed by atoms with Crippen LogP contribution in [0.2, 0.25) is 0 Å². The lowest BCUT2D eigenvalue weighted by molar-refractivity contribution is 0.121. The average molecular weight is 144 g/mol. The Morgan fingerprint density at radius 1 is 1.90 bits per heavy atom. The Labute approximate surface area is 58.3 Å². The number of carbonyl (C=O) groups excluding carboxylic acids is 1. The van der Waals surface area contributed by atoms with Gasteiger partial charge in [-0.15, -0.1) is 0 Å². The molecule has 1 rings (SSSR count). The molecule has 1 atom stereocenters. The average Bonchev–Trinajstić information content (AvgIpc) is 2.17. The standard InChI is InChI=1S/C4H6O3.CH2N2/c1-3-2-6-4(5)7-3;2-1-3/h3H,2H2,1H3;2H2. The fourth-order valence-corrected chi connectivity index (χ4v) is 0.418. The van der Waals surface area contributed by atoms with E-state index in [1.807, 2.05) is 0 Å². The van der Waals surface area contributed by atoms with Gasteiger partial charge in [-0.25, -0.2) is 4.79 Å². The summed E-state index contributed by atoms with van der Waals surface area (Å²) in [7, 11) is 0. The molecular formula is C5H8N2O3. The summed E-state index contributed by atoms with van der Waals surface area (Å²) in [6, 6.07) is 0. The Kier molecular flexibility index (Phi) is 3.80. The van der Waals surface area contributed by atoms with Crippen molar-refractivity contribution in [2.75, 3.05) is 6.61 Å². The van der Waals surface area contributed by atoms with Gasteiger partial charge in [0.05, 0.1) is 0 Å². The third-order valence-corrected chi connectivity index (χ3v) is 0.733. The Hall–Kier alpha value is -1.44. The summed E-state index contributed by atoms with van der Waals surface area (Å²) >= 11 is 0. The smallest absolute Gasteiger partial charge is 0.430 e. The molecule has 1 saturated heterocycles. The third kappa shape index (κ3) is 3.55. The van der Waals surface area contributed by atoms with Gasteiger partial charge < -0.3 is 15.2 Å². The molecule has 0 aromatic rings. The Morgan fingerprint density at radius 3 is 2.50 bits per heavy atom. The third-order valence-electron chi connectivity index (χ3n) is 0.733. The molecule has 1 aliphatic heterocycles. The predicted octanol–water partition coefficient (Wildman–Crippen LogP) is -0.0321. The van der Waals surface area contributed by atoms with Gasteiger partial charge in [0.2, 0.25) is 0 Å². The van der Waals surface area contributed by atoms with Crippen LogP contribution in [0.25, 0.3) is 0 Å². The summed E-state index contributed by atoms with van der Waals surface area (Å²) in [5.74, 6) is 0. The summed E-state index contributed by atoms with van der Waals surface area (Å²) in [5, 5.41) is 7.10. The van der Waals surface area contributed by atoms with Crippen molar-refractivity contribution in [3.63, 3.8) is 0 Å². The highest BCUT2D eigenvalue weighted by Gasteiger charge is 2.19. The number of nitrogens with two attached hydrogens (primary N) is 1. The maximum absolute atomic E-state index is 10.0. The highest BCUT2D eigenvalue weighted by molar-refractivity contribution is 5.61. The van der Waals surface area contributed by atoms with Crippen LogP contribution in [0, 0.1) is 11.5 Å². The van der Waals surface area contributed by atoms with Gasteiger partial charge in [-0.3, -0.25) is 0 Å². The number of hydrogen-bond donors (Lipinski definition) is 1. The summed E-state index contributed by atoms with van der Waals surface area (Å²) in [5.41, 5.74) is 4.15. The fraction of sp³-hybridized carbons (Fsp3) is 0.600. The maximum Gasteiger partial charge on any atom is 0.508 e. The van der Waals surface area contributed by atoms with Crippen LogP contribution in [0.4, 0.5) is 4.79 Å². The van der Waals surface area contributed by atoms with Crippen LogP contribution >= 0.6 is 0 Å². The molecule has 0 radical (unpaired) electrons. The first kappa shape index (κ1) is 8.56. The van der Waals surface area contributed by atoms with E-state index in [9.17, 15) is 4.79 Å². The summed E-state index contributed by atoms with van der Waals surface area (Å²) in [6.07, 6.45) is 0.653. The molecule has 0 saturated carbocycles. The minimum absolute atomic E-state index is 0.0486. The van der Waals surface area contributed by atoms with Crippen molar-refractivity contribution in [3.8, 4) is 6.19 Å². The number of cyclic esters (lactones) is 2. The van der Waals surface area contributed by atoms with Gasteiger partial charge in [0, 0.05) is 0 Å². The van der Waals surface area contributed by atoms with E-state index in [1.54, 1.807) is 6.92 Å². The highest BCUT2D eigenvalue weighted by atomic mass is 16.8. The van der Waals surface area contributed by atoms with Crippen LogP contribution < -0.4 is 5.73 Å². The number of nitrogens with zero attached hydrogens (tertiary/aromatic N) is 1. The SMILES string of the molecule is CC1COC(=O)O1.N#CN. The van der Waals surface area contributed by atoms with E-state index in [1.165, 1.54) is 6.19 Å². The van der Waals surface area contributed by atoms with Crippen molar-refractivity contribution in [1.29, 1.82) is 5.26 Å². The Bertz CT molecular complexity index is 151. The number of carbonyl (C=O) groups is 1. The molecule has 0 spiro atoms. The molecule has 0 bridgehead atoms. The second kappa shape index (κ2) is 4.44. The van der Waals surface area contributed by atoms with Crippen LogP contribution in [0.1, 0.15) is 6.92 Å². The molecule has 0 amide bonds. The van der Waals surface area contributed by atoms with Gasteiger partial charge in [-0.1, -0.05) is 0 Å². The van der Waals surface area contributed by atoms with Crippen molar-refractivity contribution < 1.29 is 14.3 Å². The van der Waals surface area contributed by atoms with Crippen molar-refractivity contribution in [2.45, 2.75) is 13.0 Å². The van der Waals surface area contributed by atoms with E-state index in [2.05, 4.69) is 15.2 Å². The van der Waals surface area contributed by atoms with Gasteiger partial charge in [-0.2, -0.15) is 5.26 Å². The van der Waals surface area contributed by atoms with Crippen molar-refractivity contribution >= 4 is 6.16 Å². The van der Waals surface area contributed by atoms with E-state index in [0.717, 1.165) is 0 Å². The molecule has 1 aliphatic rings. The molecule has 1 fully saturated rings. The summed E-state index contributed by atoms with van der Waals surface area (Å²) in [6.45, 7) is 2.18. The Balaban J connectivity index is 0.000000236. The van der Waals surface area contributed by atoms with Crippen LogP contribution in [0.15, 0.2) is 0 Å². The first-order valence-electron chi connectivity index (χ1n) is 2.63. The van der Waals surface area contributed by atoms with E-state index in [0.29, 0.717) is 6.61 Å². The molecule has 5 heteroatoms. The van der Waals surface area contributed by atoms with E-state index >= 15 is 0 Å².